The van der Waals surface area contributed by atoms with E-state index in [9.17, 15) is 0 Å². The normalized spacial score (nSPS) is 10.3. The molecule has 0 aliphatic heterocycles. The molecule has 0 bridgehead atoms. The molecule has 0 amide bonds. The second-order valence-corrected chi connectivity index (χ2v) is 4.42. The van der Waals surface area contributed by atoms with Crippen molar-refractivity contribution >= 4 is 33.2 Å². The molecule has 2 rings (SSSR count). The Labute approximate surface area is 91.0 Å². The summed E-state index contributed by atoms with van der Waals surface area (Å²) in [5.74, 6) is 0. The van der Waals surface area contributed by atoms with E-state index in [1.54, 1.807) is 17.4 Å². The second-order valence-electron chi connectivity index (χ2n) is 2.86. The van der Waals surface area contributed by atoms with Gasteiger partial charge in [-0.25, -0.2) is 11.6 Å². The maximum Gasteiger partial charge on any atom is 0.219 e. The maximum atomic E-state index is 6.71. The Balaban J connectivity index is 2.37. The highest BCUT2D eigenvalue weighted by molar-refractivity contribution is 7.19. The van der Waals surface area contributed by atoms with Gasteiger partial charge in [-0.3, -0.25) is 0 Å². The van der Waals surface area contributed by atoms with E-state index >= 15 is 0 Å². The smallest absolute Gasteiger partial charge is 0.219 e. The molecular formula is C10H7ClN2S. The summed E-state index contributed by atoms with van der Waals surface area (Å²) in [5.41, 5.74) is 0.933. The number of rotatable bonds is 2. The van der Waals surface area contributed by atoms with Gasteiger partial charge >= 0.3 is 0 Å². The van der Waals surface area contributed by atoms with Gasteiger partial charge in [0, 0.05) is 4.88 Å². The first-order valence-electron chi connectivity index (χ1n) is 4.18. The van der Waals surface area contributed by atoms with Crippen molar-refractivity contribution in [2.75, 3.05) is 6.54 Å². The van der Waals surface area contributed by atoms with E-state index in [-0.39, 0.29) is 0 Å². The molecule has 2 heterocycles. The third-order valence-electron chi connectivity index (χ3n) is 1.86. The number of nitrogens with zero attached hydrogens (tertiary/aromatic N) is 2. The van der Waals surface area contributed by atoms with Gasteiger partial charge in [-0.15, -0.1) is 11.3 Å². The van der Waals surface area contributed by atoms with Crippen molar-refractivity contribution in [3.8, 4) is 0 Å². The Morgan fingerprint density at radius 1 is 1.50 bits per heavy atom. The first kappa shape index (κ1) is 9.45. The molecule has 0 radical (unpaired) electrons. The van der Waals surface area contributed by atoms with Crippen LogP contribution in [0.1, 0.15) is 4.88 Å². The SMILES string of the molecule is [C-]#[N+]CCc1cc2nc(Cl)ccc2s1. The van der Waals surface area contributed by atoms with Crippen LogP contribution in [0.15, 0.2) is 18.2 Å². The lowest BCUT2D eigenvalue weighted by Crippen LogP contribution is -1.80. The minimum Gasteiger partial charge on any atom is -0.317 e. The van der Waals surface area contributed by atoms with Crippen molar-refractivity contribution in [2.45, 2.75) is 6.42 Å². The number of fused-ring (bicyclic) bond motifs is 1. The molecule has 14 heavy (non-hydrogen) atoms. The highest BCUT2D eigenvalue weighted by Gasteiger charge is 2.04. The summed E-state index contributed by atoms with van der Waals surface area (Å²) in [6.07, 6.45) is 0.808. The summed E-state index contributed by atoms with van der Waals surface area (Å²) in [6.45, 7) is 7.26. The zero-order valence-electron chi connectivity index (χ0n) is 7.33. The predicted molar refractivity (Wildman–Crippen MR) is 59.8 cm³/mol. The Kier molecular flexibility index (Phi) is 2.67. The van der Waals surface area contributed by atoms with Crippen molar-refractivity contribution in [1.82, 2.24) is 4.98 Å². The Bertz CT molecular complexity index is 498. The van der Waals surface area contributed by atoms with Gasteiger partial charge < -0.3 is 4.85 Å². The van der Waals surface area contributed by atoms with Crippen molar-refractivity contribution in [3.63, 3.8) is 0 Å². The zero-order chi connectivity index (χ0) is 9.97. The van der Waals surface area contributed by atoms with Gasteiger partial charge in [0.05, 0.1) is 16.6 Å². The second kappa shape index (κ2) is 3.95. The largest absolute Gasteiger partial charge is 0.317 e. The summed E-state index contributed by atoms with van der Waals surface area (Å²) in [6, 6.07) is 5.77. The molecule has 0 aliphatic rings. The quantitative estimate of drug-likeness (QED) is 0.562. The van der Waals surface area contributed by atoms with Crippen LogP contribution in [0.2, 0.25) is 5.15 Å². The maximum absolute atomic E-state index is 6.71. The average Bonchev–Trinajstić information content (AvgIpc) is 2.56. The summed E-state index contributed by atoms with van der Waals surface area (Å²) in [4.78, 5) is 8.73. The third kappa shape index (κ3) is 1.87. The van der Waals surface area contributed by atoms with Crippen LogP contribution in [0.4, 0.5) is 0 Å². The molecule has 0 fully saturated rings. The molecule has 0 saturated carbocycles. The third-order valence-corrected chi connectivity index (χ3v) is 3.22. The van der Waals surface area contributed by atoms with Crippen molar-refractivity contribution < 1.29 is 0 Å². The van der Waals surface area contributed by atoms with Crippen LogP contribution in [0.5, 0.6) is 0 Å². The van der Waals surface area contributed by atoms with Gasteiger partial charge in [-0.05, 0) is 18.2 Å². The molecule has 2 aromatic rings. The lowest BCUT2D eigenvalue weighted by molar-refractivity contribution is 1.11. The number of pyridine rings is 1. The number of hydrogen-bond donors (Lipinski definition) is 0. The van der Waals surface area contributed by atoms with Gasteiger partial charge in [0.2, 0.25) is 6.54 Å². The van der Waals surface area contributed by atoms with Gasteiger partial charge in [-0.2, -0.15) is 0 Å². The number of thiophene rings is 1. The molecule has 2 nitrogen and oxygen atoms in total. The van der Waals surface area contributed by atoms with E-state index in [4.69, 9.17) is 18.2 Å². The monoisotopic (exact) mass is 222 g/mol. The minimum atomic E-state index is 0.520. The van der Waals surface area contributed by atoms with E-state index in [2.05, 4.69) is 9.83 Å². The summed E-state index contributed by atoms with van der Waals surface area (Å²) in [7, 11) is 0. The number of hydrogen-bond acceptors (Lipinski definition) is 2. The average molecular weight is 223 g/mol. The summed E-state index contributed by atoms with van der Waals surface area (Å²) in [5, 5.41) is 0.520. The predicted octanol–water partition coefficient (Wildman–Crippen LogP) is 3.41. The van der Waals surface area contributed by atoms with E-state index in [1.807, 2.05) is 12.1 Å². The van der Waals surface area contributed by atoms with Crippen LogP contribution in [0, 0.1) is 6.57 Å². The molecule has 0 saturated heterocycles. The Morgan fingerprint density at radius 3 is 3.14 bits per heavy atom. The van der Waals surface area contributed by atoms with Crippen molar-refractivity contribution in [2.24, 2.45) is 0 Å². The van der Waals surface area contributed by atoms with Gasteiger partial charge in [0.1, 0.15) is 5.15 Å². The molecule has 2 aromatic heterocycles. The fraction of sp³-hybridized carbons (Fsp3) is 0.200. The zero-order valence-corrected chi connectivity index (χ0v) is 8.90. The number of aromatic nitrogens is 1. The minimum absolute atomic E-state index is 0.520. The molecule has 0 N–H and O–H groups in total. The van der Waals surface area contributed by atoms with Crippen LogP contribution in [-0.2, 0) is 6.42 Å². The molecule has 4 heteroatoms. The molecule has 70 valence electrons. The fourth-order valence-corrected chi connectivity index (χ4v) is 2.39. The summed E-state index contributed by atoms with van der Waals surface area (Å²) < 4.78 is 1.13. The van der Waals surface area contributed by atoms with Crippen molar-refractivity contribution in [1.29, 1.82) is 0 Å². The van der Waals surface area contributed by atoms with E-state index in [0.29, 0.717) is 11.7 Å². The van der Waals surface area contributed by atoms with E-state index < -0.39 is 0 Å². The molecule has 0 spiro atoms. The summed E-state index contributed by atoms with van der Waals surface area (Å²) >= 11 is 7.46. The van der Waals surface area contributed by atoms with E-state index in [0.717, 1.165) is 16.6 Å². The fourth-order valence-electron chi connectivity index (χ4n) is 1.24. The van der Waals surface area contributed by atoms with Crippen molar-refractivity contribution in [3.05, 3.63) is 39.6 Å². The lowest BCUT2D eigenvalue weighted by atomic mass is 10.3. The van der Waals surface area contributed by atoms with Crippen LogP contribution < -0.4 is 0 Å². The lowest BCUT2D eigenvalue weighted by Gasteiger charge is -1.87. The van der Waals surface area contributed by atoms with Gasteiger partial charge in [0.15, 0.2) is 0 Å². The molecule has 0 aliphatic carbocycles. The molecule has 0 atom stereocenters. The number of halogens is 1. The van der Waals surface area contributed by atoms with Gasteiger partial charge in [-0.1, -0.05) is 11.6 Å². The van der Waals surface area contributed by atoms with E-state index in [1.165, 1.54) is 4.88 Å². The highest BCUT2D eigenvalue weighted by atomic mass is 35.5. The van der Waals surface area contributed by atoms with Gasteiger partial charge in [0.25, 0.3) is 0 Å². The Morgan fingerprint density at radius 2 is 2.36 bits per heavy atom. The Hall–Kier alpha value is -1.11. The van der Waals surface area contributed by atoms with Crippen LogP contribution in [0.3, 0.4) is 0 Å². The molecule has 0 unspecified atom stereocenters. The first-order valence-corrected chi connectivity index (χ1v) is 5.37. The first-order chi connectivity index (χ1) is 6.79. The standard InChI is InChI=1S/C10H7ClN2S/c1-12-5-4-7-6-8-9(14-7)2-3-10(11)13-8/h2-3,6H,4-5H2. The topological polar surface area (TPSA) is 17.2 Å². The van der Waals surface area contributed by atoms with Crippen LogP contribution >= 0.6 is 22.9 Å². The molecule has 0 aromatic carbocycles. The van der Waals surface area contributed by atoms with Crippen LogP contribution in [-0.4, -0.2) is 11.5 Å². The van der Waals surface area contributed by atoms with Crippen LogP contribution in [0.25, 0.3) is 15.1 Å². The molecular weight excluding hydrogens is 216 g/mol. The highest BCUT2D eigenvalue weighted by Crippen LogP contribution is 2.25.